The van der Waals surface area contributed by atoms with Crippen LogP contribution >= 0.6 is 12.2 Å². The van der Waals surface area contributed by atoms with Crippen LogP contribution in [0.2, 0.25) is 0 Å². The van der Waals surface area contributed by atoms with E-state index in [-0.39, 0.29) is 6.54 Å². The number of thiocarbonyl (C=S) groups is 1. The molecule has 0 aliphatic rings. The first-order valence-corrected chi connectivity index (χ1v) is 4.68. The molecule has 2 N–H and O–H groups in total. The highest BCUT2D eigenvalue weighted by Gasteiger charge is 2.01. The second kappa shape index (κ2) is 8.19. The average molecular weight is 208 g/mol. The third-order valence-corrected chi connectivity index (χ3v) is 1.73. The summed E-state index contributed by atoms with van der Waals surface area (Å²) in [4.78, 5) is 0. The Balaban J connectivity index is 3.34. The van der Waals surface area contributed by atoms with E-state index in [1.165, 1.54) is 0 Å². The van der Waals surface area contributed by atoms with Gasteiger partial charge in [-0.05, 0) is 18.1 Å². The van der Waals surface area contributed by atoms with Gasteiger partial charge in [-0.3, -0.25) is 0 Å². The van der Waals surface area contributed by atoms with E-state index in [9.17, 15) is 4.39 Å². The second-order valence-electron chi connectivity index (χ2n) is 2.89. The number of hydrogen-bond acceptors (Lipinski definition) is 2. The van der Waals surface area contributed by atoms with Crippen molar-refractivity contribution in [1.82, 2.24) is 10.6 Å². The minimum atomic E-state index is -0.407. The van der Waals surface area contributed by atoms with E-state index in [1.54, 1.807) is 7.11 Å². The molecular formula is C8H17FN2OS. The van der Waals surface area contributed by atoms with Gasteiger partial charge in [0, 0.05) is 20.2 Å². The van der Waals surface area contributed by atoms with Crippen LogP contribution < -0.4 is 10.6 Å². The zero-order chi connectivity index (χ0) is 10.1. The molecule has 0 rings (SSSR count). The maximum atomic E-state index is 11.7. The predicted octanol–water partition coefficient (Wildman–Crippen LogP) is 0.703. The van der Waals surface area contributed by atoms with Crippen molar-refractivity contribution in [3.8, 4) is 0 Å². The Morgan fingerprint density at radius 2 is 2.23 bits per heavy atom. The van der Waals surface area contributed by atoms with Crippen molar-refractivity contribution in [2.75, 3.05) is 33.5 Å². The standard InChI is InChI=1S/C8H17FN2OS/c1-7(6-12-2)5-11-8(13)10-4-3-9/h7H,3-6H2,1-2H3,(H2,10,11,13). The fourth-order valence-corrected chi connectivity index (χ4v) is 1.02. The van der Waals surface area contributed by atoms with E-state index < -0.39 is 6.67 Å². The number of ether oxygens (including phenoxy) is 1. The first-order valence-electron chi connectivity index (χ1n) is 4.27. The van der Waals surface area contributed by atoms with Crippen LogP contribution in [-0.4, -0.2) is 38.6 Å². The van der Waals surface area contributed by atoms with Gasteiger partial charge in [-0.15, -0.1) is 0 Å². The summed E-state index contributed by atoms with van der Waals surface area (Å²) in [5, 5.41) is 6.21. The summed E-state index contributed by atoms with van der Waals surface area (Å²) >= 11 is 4.89. The lowest BCUT2D eigenvalue weighted by atomic mass is 10.2. The van der Waals surface area contributed by atoms with E-state index in [4.69, 9.17) is 17.0 Å². The van der Waals surface area contributed by atoms with E-state index in [2.05, 4.69) is 10.6 Å². The van der Waals surface area contributed by atoms with Gasteiger partial charge in [0.1, 0.15) is 6.67 Å². The van der Waals surface area contributed by atoms with Gasteiger partial charge in [0.05, 0.1) is 6.61 Å². The molecule has 3 nitrogen and oxygen atoms in total. The van der Waals surface area contributed by atoms with Crippen molar-refractivity contribution >= 4 is 17.3 Å². The largest absolute Gasteiger partial charge is 0.384 e. The van der Waals surface area contributed by atoms with Crippen molar-refractivity contribution < 1.29 is 9.13 Å². The lowest BCUT2D eigenvalue weighted by Crippen LogP contribution is -2.39. The van der Waals surface area contributed by atoms with Crippen LogP contribution in [0.15, 0.2) is 0 Å². The molecule has 78 valence electrons. The maximum Gasteiger partial charge on any atom is 0.166 e. The fourth-order valence-electron chi connectivity index (χ4n) is 0.834. The predicted molar refractivity (Wildman–Crippen MR) is 55.6 cm³/mol. The van der Waals surface area contributed by atoms with Gasteiger partial charge >= 0.3 is 0 Å². The first-order chi connectivity index (χ1) is 6.20. The monoisotopic (exact) mass is 208 g/mol. The van der Waals surface area contributed by atoms with Crippen LogP contribution in [-0.2, 0) is 4.74 Å². The third-order valence-electron chi connectivity index (χ3n) is 1.44. The average Bonchev–Trinajstić information content (AvgIpc) is 2.12. The number of halogens is 1. The molecular weight excluding hydrogens is 191 g/mol. The Kier molecular flexibility index (Phi) is 7.93. The number of alkyl halides is 1. The summed E-state index contributed by atoms with van der Waals surface area (Å²) in [6, 6.07) is 0. The highest BCUT2D eigenvalue weighted by atomic mass is 32.1. The maximum absolute atomic E-state index is 11.7. The molecule has 0 heterocycles. The lowest BCUT2D eigenvalue weighted by molar-refractivity contribution is 0.161. The highest BCUT2D eigenvalue weighted by Crippen LogP contribution is 1.91. The van der Waals surface area contributed by atoms with Crippen molar-refractivity contribution in [3.63, 3.8) is 0 Å². The summed E-state index contributed by atoms with van der Waals surface area (Å²) in [7, 11) is 1.66. The van der Waals surface area contributed by atoms with Crippen molar-refractivity contribution in [2.24, 2.45) is 5.92 Å². The van der Waals surface area contributed by atoms with Crippen molar-refractivity contribution in [3.05, 3.63) is 0 Å². The molecule has 13 heavy (non-hydrogen) atoms. The van der Waals surface area contributed by atoms with Gasteiger partial charge < -0.3 is 15.4 Å². The molecule has 0 aromatic heterocycles. The zero-order valence-electron chi connectivity index (χ0n) is 8.10. The summed E-state index contributed by atoms with van der Waals surface area (Å²) in [6.45, 7) is 3.35. The van der Waals surface area contributed by atoms with Gasteiger partial charge in [-0.25, -0.2) is 4.39 Å². The van der Waals surface area contributed by atoms with Crippen molar-refractivity contribution in [2.45, 2.75) is 6.92 Å². The third kappa shape index (κ3) is 7.93. The van der Waals surface area contributed by atoms with Gasteiger partial charge in [0.25, 0.3) is 0 Å². The molecule has 1 atom stereocenters. The molecule has 0 saturated carbocycles. The van der Waals surface area contributed by atoms with Crippen LogP contribution in [0, 0.1) is 5.92 Å². The summed E-state index contributed by atoms with van der Waals surface area (Å²) in [6.07, 6.45) is 0. The van der Waals surface area contributed by atoms with Gasteiger partial charge in [0.2, 0.25) is 0 Å². The second-order valence-corrected chi connectivity index (χ2v) is 3.29. The zero-order valence-corrected chi connectivity index (χ0v) is 8.92. The lowest BCUT2D eigenvalue weighted by Gasteiger charge is -2.13. The SMILES string of the molecule is COCC(C)CNC(=S)NCCF. The molecule has 0 spiro atoms. The number of nitrogens with one attached hydrogen (secondary N) is 2. The number of methoxy groups -OCH3 is 1. The summed E-state index contributed by atoms with van der Waals surface area (Å²) in [5.74, 6) is 0.398. The summed E-state index contributed by atoms with van der Waals surface area (Å²) in [5.41, 5.74) is 0. The topological polar surface area (TPSA) is 33.3 Å². The Hall–Kier alpha value is -0.420. The van der Waals surface area contributed by atoms with E-state index in [0.29, 0.717) is 17.6 Å². The normalized spacial score (nSPS) is 12.2. The van der Waals surface area contributed by atoms with Crippen LogP contribution in [0.4, 0.5) is 4.39 Å². The van der Waals surface area contributed by atoms with Crippen LogP contribution in [0.3, 0.4) is 0 Å². The molecule has 0 aliphatic carbocycles. The Labute approximate surface area is 84.0 Å². The smallest absolute Gasteiger partial charge is 0.166 e. The van der Waals surface area contributed by atoms with Crippen LogP contribution in [0.1, 0.15) is 6.92 Å². The Bertz CT molecular complexity index is 146. The molecule has 0 aromatic rings. The van der Waals surface area contributed by atoms with E-state index >= 15 is 0 Å². The highest BCUT2D eigenvalue weighted by molar-refractivity contribution is 7.80. The molecule has 0 fully saturated rings. The van der Waals surface area contributed by atoms with Gasteiger partial charge in [-0.2, -0.15) is 0 Å². The summed E-state index contributed by atoms with van der Waals surface area (Å²) < 4.78 is 16.7. The number of rotatable bonds is 6. The molecule has 5 heteroatoms. The van der Waals surface area contributed by atoms with Crippen molar-refractivity contribution in [1.29, 1.82) is 0 Å². The quantitative estimate of drug-likeness (QED) is 0.630. The Morgan fingerprint density at radius 1 is 1.54 bits per heavy atom. The van der Waals surface area contributed by atoms with Gasteiger partial charge in [0.15, 0.2) is 5.11 Å². The first kappa shape index (κ1) is 12.6. The Morgan fingerprint density at radius 3 is 2.77 bits per heavy atom. The molecule has 0 amide bonds. The minimum absolute atomic E-state index is 0.268. The van der Waals surface area contributed by atoms with E-state index in [0.717, 1.165) is 6.54 Å². The molecule has 0 aliphatic heterocycles. The number of hydrogen-bond donors (Lipinski definition) is 2. The molecule has 0 bridgehead atoms. The van der Waals surface area contributed by atoms with Gasteiger partial charge in [-0.1, -0.05) is 6.92 Å². The molecule has 0 radical (unpaired) electrons. The minimum Gasteiger partial charge on any atom is -0.384 e. The molecule has 1 unspecified atom stereocenters. The molecule has 0 saturated heterocycles. The van der Waals surface area contributed by atoms with E-state index in [1.807, 2.05) is 6.92 Å². The van der Waals surface area contributed by atoms with Crippen LogP contribution in [0.5, 0.6) is 0 Å². The molecule has 0 aromatic carbocycles. The fraction of sp³-hybridized carbons (Fsp3) is 0.875. The van der Waals surface area contributed by atoms with Crippen LogP contribution in [0.25, 0.3) is 0 Å².